The smallest absolute Gasteiger partial charge is 0.130 e. The summed E-state index contributed by atoms with van der Waals surface area (Å²) < 4.78 is 18.8. The first-order chi connectivity index (χ1) is 8.59. The number of benzene rings is 1. The van der Waals surface area contributed by atoms with Crippen molar-refractivity contribution in [1.29, 1.82) is 0 Å². The lowest BCUT2D eigenvalue weighted by molar-refractivity contribution is 0.563. The molecule has 3 nitrogen and oxygen atoms in total. The van der Waals surface area contributed by atoms with E-state index in [1.54, 1.807) is 25.5 Å². The van der Waals surface area contributed by atoms with Crippen LogP contribution in [0, 0.1) is 5.82 Å². The van der Waals surface area contributed by atoms with Gasteiger partial charge in [0.2, 0.25) is 0 Å². The summed E-state index contributed by atoms with van der Waals surface area (Å²) in [4.78, 5) is 1.96. The van der Waals surface area contributed by atoms with Crippen LogP contribution in [0.4, 0.5) is 10.1 Å². The van der Waals surface area contributed by atoms with Crippen LogP contribution < -0.4 is 10.6 Å². The molecule has 2 rings (SSSR count). The van der Waals surface area contributed by atoms with E-state index in [1.165, 1.54) is 6.07 Å². The number of nitrogens with two attached hydrogens (primary N) is 1. The van der Waals surface area contributed by atoms with Crippen LogP contribution in [0.3, 0.4) is 0 Å². The maximum atomic E-state index is 13.8. The van der Waals surface area contributed by atoms with Crippen molar-refractivity contribution in [1.82, 2.24) is 0 Å². The molecule has 0 amide bonds. The first kappa shape index (κ1) is 12.6. The summed E-state index contributed by atoms with van der Waals surface area (Å²) in [5, 5.41) is 0. The fourth-order valence-electron chi connectivity index (χ4n) is 2.05. The molecule has 2 aromatic rings. The number of halogens is 1. The Morgan fingerprint density at radius 1 is 1.39 bits per heavy atom. The normalized spacial score (nSPS) is 12.4. The molecule has 0 radical (unpaired) electrons. The van der Waals surface area contributed by atoms with E-state index in [2.05, 4.69) is 0 Å². The second kappa shape index (κ2) is 5.23. The monoisotopic (exact) mass is 248 g/mol. The molecule has 96 valence electrons. The first-order valence-electron chi connectivity index (χ1n) is 5.86. The van der Waals surface area contributed by atoms with Gasteiger partial charge in [0, 0.05) is 36.4 Å². The van der Waals surface area contributed by atoms with Crippen LogP contribution in [0.5, 0.6) is 0 Å². The Bertz CT molecular complexity index is 509. The third-order valence-electron chi connectivity index (χ3n) is 2.90. The number of anilines is 1. The summed E-state index contributed by atoms with van der Waals surface area (Å²) in [6.07, 6.45) is 3.31. The van der Waals surface area contributed by atoms with E-state index in [1.807, 2.05) is 24.1 Å². The summed E-state index contributed by atoms with van der Waals surface area (Å²) in [5.74, 6) is -0.262. The Kier molecular flexibility index (Phi) is 3.67. The summed E-state index contributed by atoms with van der Waals surface area (Å²) in [6.45, 7) is 2.44. The van der Waals surface area contributed by atoms with Crippen molar-refractivity contribution < 1.29 is 8.81 Å². The van der Waals surface area contributed by atoms with Crippen LogP contribution in [0.1, 0.15) is 24.1 Å². The summed E-state index contributed by atoms with van der Waals surface area (Å²) in [5.41, 5.74) is 8.24. The second-order valence-electron chi connectivity index (χ2n) is 4.45. The maximum absolute atomic E-state index is 13.8. The molecular formula is C14H17FN2O. The van der Waals surface area contributed by atoms with Gasteiger partial charge in [-0.1, -0.05) is 6.07 Å². The molecule has 2 N–H and O–H groups in total. The first-order valence-corrected chi connectivity index (χ1v) is 5.86. The predicted octanol–water partition coefficient (Wildman–Crippen LogP) is 3.07. The zero-order chi connectivity index (χ0) is 13.1. The van der Waals surface area contributed by atoms with Gasteiger partial charge in [-0.15, -0.1) is 0 Å². The van der Waals surface area contributed by atoms with Crippen molar-refractivity contribution in [3.05, 3.63) is 53.7 Å². The van der Waals surface area contributed by atoms with Crippen molar-refractivity contribution in [2.24, 2.45) is 5.73 Å². The predicted molar refractivity (Wildman–Crippen MR) is 69.8 cm³/mol. The zero-order valence-corrected chi connectivity index (χ0v) is 10.6. The number of nitrogens with zero attached hydrogens (tertiary/aromatic N) is 1. The van der Waals surface area contributed by atoms with Crippen LogP contribution in [0.15, 0.2) is 41.2 Å². The topological polar surface area (TPSA) is 42.4 Å². The molecule has 1 aromatic carbocycles. The molecular weight excluding hydrogens is 231 g/mol. The molecule has 0 aliphatic carbocycles. The Morgan fingerprint density at radius 2 is 2.17 bits per heavy atom. The van der Waals surface area contributed by atoms with Crippen LogP contribution in [-0.2, 0) is 6.54 Å². The summed E-state index contributed by atoms with van der Waals surface area (Å²) in [6, 6.07) is 6.56. The largest absolute Gasteiger partial charge is 0.472 e. The highest BCUT2D eigenvalue weighted by molar-refractivity contribution is 5.55. The second-order valence-corrected chi connectivity index (χ2v) is 4.45. The maximum Gasteiger partial charge on any atom is 0.130 e. The molecule has 0 saturated heterocycles. The van der Waals surface area contributed by atoms with Gasteiger partial charge in [0.1, 0.15) is 5.82 Å². The van der Waals surface area contributed by atoms with E-state index >= 15 is 0 Å². The van der Waals surface area contributed by atoms with Gasteiger partial charge in [0.15, 0.2) is 0 Å². The van der Waals surface area contributed by atoms with E-state index in [4.69, 9.17) is 10.2 Å². The minimum atomic E-state index is -0.340. The molecule has 4 heteroatoms. The van der Waals surface area contributed by atoms with Crippen LogP contribution in [-0.4, -0.2) is 7.05 Å². The van der Waals surface area contributed by atoms with E-state index in [-0.39, 0.29) is 11.9 Å². The molecule has 0 saturated carbocycles. The molecule has 0 aliphatic heterocycles. The molecule has 1 atom stereocenters. The molecule has 0 aliphatic rings. The van der Waals surface area contributed by atoms with Crippen molar-refractivity contribution in [2.75, 3.05) is 11.9 Å². The van der Waals surface area contributed by atoms with Crippen molar-refractivity contribution >= 4 is 5.69 Å². The highest BCUT2D eigenvalue weighted by Crippen LogP contribution is 2.28. The van der Waals surface area contributed by atoms with Gasteiger partial charge in [0.05, 0.1) is 12.5 Å². The van der Waals surface area contributed by atoms with Crippen molar-refractivity contribution in [3.8, 4) is 0 Å². The van der Waals surface area contributed by atoms with Gasteiger partial charge in [-0.2, -0.15) is 0 Å². The van der Waals surface area contributed by atoms with Gasteiger partial charge >= 0.3 is 0 Å². The van der Waals surface area contributed by atoms with Crippen LogP contribution in [0.2, 0.25) is 0 Å². The standard InChI is InChI=1S/C14H17FN2O/c1-10(16)14-12(15)4-3-5-13(14)17(2)8-11-6-7-18-9-11/h3-7,9-10H,8,16H2,1-2H3/t10-/m1/s1. The van der Waals surface area contributed by atoms with Gasteiger partial charge in [-0.25, -0.2) is 4.39 Å². The number of furan rings is 1. The fraction of sp³-hybridized carbons (Fsp3) is 0.286. The Labute approximate surface area is 106 Å². The molecule has 0 bridgehead atoms. The third kappa shape index (κ3) is 2.54. The number of hydrogen-bond acceptors (Lipinski definition) is 3. The lowest BCUT2D eigenvalue weighted by atomic mass is 10.0. The average molecular weight is 248 g/mol. The molecule has 1 heterocycles. The molecule has 18 heavy (non-hydrogen) atoms. The lowest BCUT2D eigenvalue weighted by Crippen LogP contribution is -2.20. The van der Waals surface area contributed by atoms with Crippen LogP contribution in [0.25, 0.3) is 0 Å². The van der Waals surface area contributed by atoms with Gasteiger partial charge in [-0.05, 0) is 25.1 Å². The van der Waals surface area contributed by atoms with Gasteiger partial charge in [-0.3, -0.25) is 0 Å². The minimum Gasteiger partial charge on any atom is -0.472 e. The quantitative estimate of drug-likeness (QED) is 0.904. The SMILES string of the molecule is C[C@@H](N)c1c(F)cccc1N(C)Cc1ccoc1. The van der Waals surface area contributed by atoms with Crippen molar-refractivity contribution in [3.63, 3.8) is 0 Å². The van der Waals surface area contributed by atoms with Gasteiger partial charge in [0.25, 0.3) is 0 Å². The number of hydrogen-bond donors (Lipinski definition) is 1. The fourth-order valence-corrected chi connectivity index (χ4v) is 2.05. The highest BCUT2D eigenvalue weighted by Gasteiger charge is 2.15. The number of rotatable bonds is 4. The third-order valence-corrected chi connectivity index (χ3v) is 2.90. The van der Waals surface area contributed by atoms with E-state index < -0.39 is 0 Å². The van der Waals surface area contributed by atoms with E-state index in [0.29, 0.717) is 12.1 Å². The summed E-state index contributed by atoms with van der Waals surface area (Å²) >= 11 is 0. The van der Waals surface area contributed by atoms with E-state index in [9.17, 15) is 4.39 Å². The summed E-state index contributed by atoms with van der Waals surface area (Å²) in [7, 11) is 1.91. The molecule has 0 unspecified atom stereocenters. The Morgan fingerprint density at radius 3 is 2.78 bits per heavy atom. The molecule has 0 fully saturated rings. The minimum absolute atomic E-state index is 0.262. The zero-order valence-electron chi connectivity index (χ0n) is 10.6. The van der Waals surface area contributed by atoms with E-state index in [0.717, 1.165) is 11.3 Å². The highest BCUT2D eigenvalue weighted by atomic mass is 19.1. The van der Waals surface area contributed by atoms with Crippen molar-refractivity contribution in [2.45, 2.75) is 19.5 Å². The van der Waals surface area contributed by atoms with Gasteiger partial charge < -0.3 is 15.1 Å². The Balaban J connectivity index is 2.29. The lowest BCUT2D eigenvalue weighted by Gasteiger charge is -2.23. The average Bonchev–Trinajstić information content (AvgIpc) is 2.80. The molecule has 0 spiro atoms. The Hall–Kier alpha value is -1.81. The van der Waals surface area contributed by atoms with Crippen LogP contribution >= 0.6 is 0 Å². The molecule has 1 aromatic heterocycles.